The summed E-state index contributed by atoms with van der Waals surface area (Å²) in [6, 6.07) is 6.56. The zero-order chi connectivity index (χ0) is 12.2. The van der Waals surface area contributed by atoms with Crippen LogP contribution in [0.4, 0.5) is 0 Å². The highest BCUT2D eigenvalue weighted by Crippen LogP contribution is 2.25. The van der Waals surface area contributed by atoms with Gasteiger partial charge in [0.25, 0.3) is 0 Å². The van der Waals surface area contributed by atoms with Crippen molar-refractivity contribution in [3.05, 3.63) is 34.9 Å². The fraction of sp³-hybridized carbons (Fsp3) is 0.571. The SMILES string of the molecule is COCc1cc(COC)cc(C(C)(C)C)c1. The molecule has 0 aliphatic rings. The van der Waals surface area contributed by atoms with Crippen LogP contribution in [0.2, 0.25) is 0 Å². The van der Waals surface area contributed by atoms with Gasteiger partial charge in [-0.05, 0) is 22.1 Å². The van der Waals surface area contributed by atoms with E-state index in [0.29, 0.717) is 13.2 Å². The number of methoxy groups -OCH3 is 2. The van der Waals surface area contributed by atoms with Crippen LogP contribution < -0.4 is 0 Å². The molecule has 0 aliphatic carbocycles. The second kappa shape index (κ2) is 5.46. The molecule has 2 heteroatoms. The van der Waals surface area contributed by atoms with E-state index in [1.54, 1.807) is 14.2 Å². The summed E-state index contributed by atoms with van der Waals surface area (Å²) in [5.74, 6) is 0. The van der Waals surface area contributed by atoms with Crippen molar-refractivity contribution >= 4 is 0 Å². The van der Waals surface area contributed by atoms with E-state index in [2.05, 4.69) is 39.0 Å². The molecular formula is C14H22O2. The standard InChI is InChI=1S/C14H22O2/c1-14(2,3)13-7-11(9-15-4)6-12(8-13)10-16-5/h6-8H,9-10H2,1-5H3. The number of hydrogen-bond donors (Lipinski definition) is 0. The molecular weight excluding hydrogens is 200 g/mol. The minimum atomic E-state index is 0.159. The summed E-state index contributed by atoms with van der Waals surface area (Å²) in [6.07, 6.45) is 0. The van der Waals surface area contributed by atoms with Crippen LogP contribution in [0.15, 0.2) is 18.2 Å². The van der Waals surface area contributed by atoms with Crippen molar-refractivity contribution in [2.24, 2.45) is 0 Å². The van der Waals surface area contributed by atoms with Gasteiger partial charge in [0.2, 0.25) is 0 Å². The van der Waals surface area contributed by atoms with Gasteiger partial charge in [0.05, 0.1) is 13.2 Å². The first-order valence-corrected chi connectivity index (χ1v) is 5.58. The van der Waals surface area contributed by atoms with Crippen LogP contribution in [-0.2, 0) is 28.1 Å². The third kappa shape index (κ3) is 3.62. The van der Waals surface area contributed by atoms with Gasteiger partial charge in [-0.25, -0.2) is 0 Å². The van der Waals surface area contributed by atoms with E-state index >= 15 is 0 Å². The van der Waals surface area contributed by atoms with Gasteiger partial charge in [0, 0.05) is 14.2 Å². The van der Waals surface area contributed by atoms with E-state index in [-0.39, 0.29) is 5.41 Å². The molecule has 2 nitrogen and oxygen atoms in total. The smallest absolute Gasteiger partial charge is 0.0713 e. The van der Waals surface area contributed by atoms with Gasteiger partial charge in [-0.1, -0.05) is 39.0 Å². The van der Waals surface area contributed by atoms with Crippen LogP contribution in [0.1, 0.15) is 37.5 Å². The van der Waals surface area contributed by atoms with Crippen LogP contribution in [0.25, 0.3) is 0 Å². The Kier molecular flexibility index (Phi) is 4.51. The third-order valence-corrected chi connectivity index (χ3v) is 2.54. The summed E-state index contributed by atoms with van der Waals surface area (Å²) < 4.78 is 10.4. The topological polar surface area (TPSA) is 18.5 Å². The van der Waals surface area contributed by atoms with Gasteiger partial charge in [-0.2, -0.15) is 0 Å². The van der Waals surface area contributed by atoms with Crippen LogP contribution in [0.3, 0.4) is 0 Å². The van der Waals surface area contributed by atoms with E-state index in [4.69, 9.17) is 9.47 Å². The van der Waals surface area contributed by atoms with Crippen LogP contribution in [0, 0.1) is 0 Å². The van der Waals surface area contributed by atoms with E-state index in [1.807, 2.05) is 0 Å². The largest absolute Gasteiger partial charge is 0.380 e. The highest BCUT2D eigenvalue weighted by Gasteiger charge is 2.15. The average Bonchev–Trinajstić information content (AvgIpc) is 2.17. The summed E-state index contributed by atoms with van der Waals surface area (Å²) in [6.45, 7) is 7.96. The van der Waals surface area contributed by atoms with Crippen molar-refractivity contribution in [2.75, 3.05) is 14.2 Å². The van der Waals surface area contributed by atoms with Gasteiger partial charge in [0.1, 0.15) is 0 Å². The minimum Gasteiger partial charge on any atom is -0.380 e. The molecule has 0 unspecified atom stereocenters. The zero-order valence-electron chi connectivity index (χ0n) is 11.0. The van der Waals surface area contributed by atoms with E-state index in [9.17, 15) is 0 Å². The number of benzene rings is 1. The first-order valence-electron chi connectivity index (χ1n) is 5.58. The van der Waals surface area contributed by atoms with Crippen molar-refractivity contribution < 1.29 is 9.47 Å². The second-order valence-electron chi connectivity index (χ2n) is 5.15. The summed E-state index contributed by atoms with van der Waals surface area (Å²) in [5.41, 5.74) is 3.91. The Morgan fingerprint density at radius 3 is 1.62 bits per heavy atom. The van der Waals surface area contributed by atoms with Crippen molar-refractivity contribution in [3.8, 4) is 0 Å². The quantitative estimate of drug-likeness (QED) is 0.778. The number of ether oxygens (including phenoxy) is 2. The molecule has 0 fully saturated rings. The van der Waals surface area contributed by atoms with Gasteiger partial charge in [-0.3, -0.25) is 0 Å². The molecule has 0 spiro atoms. The van der Waals surface area contributed by atoms with Crippen molar-refractivity contribution in [1.82, 2.24) is 0 Å². The van der Waals surface area contributed by atoms with Crippen molar-refractivity contribution in [2.45, 2.75) is 39.4 Å². The molecule has 0 saturated heterocycles. The normalized spacial score (nSPS) is 11.8. The lowest BCUT2D eigenvalue weighted by Crippen LogP contribution is -2.12. The van der Waals surface area contributed by atoms with Crippen LogP contribution in [0.5, 0.6) is 0 Å². The van der Waals surface area contributed by atoms with Gasteiger partial charge < -0.3 is 9.47 Å². The Labute approximate surface area is 98.6 Å². The molecule has 0 heterocycles. The first-order chi connectivity index (χ1) is 7.47. The maximum atomic E-state index is 5.19. The maximum Gasteiger partial charge on any atom is 0.0713 e. The van der Waals surface area contributed by atoms with E-state index < -0.39 is 0 Å². The second-order valence-corrected chi connectivity index (χ2v) is 5.15. The number of hydrogen-bond acceptors (Lipinski definition) is 2. The molecule has 0 atom stereocenters. The Morgan fingerprint density at radius 2 is 1.31 bits per heavy atom. The molecule has 0 aromatic heterocycles. The lowest BCUT2D eigenvalue weighted by Gasteiger charge is -2.21. The molecule has 16 heavy (non-hydrogen) atoms. The third-order valence-electron chi connectivity index (χ3n) is 2.54. The summed E-state index contributed by atoms with van der Waals surface area (Å²) >= 11 is 0. The molecule has 0 N–H and O–H groups in total. The highest BCUT2D eigenvalue weighted by molar-refractivity contribution is 5.33. The van der Waals surface area contributed by atoms with Gasteiger partial charge >= 0.3 is 0 Å². The fourth-order valence-electron chi connectivity index (χ4n) is 1.70. The average molecular weight is 222 g/mol. The Balaban J connectivity index is 3.08. The molecule has 0 amide bonds. The van der Waals surface area contributed by atoms with Crippen molar-refractivity contribution in [3.63, 3.8) is 0 Å². The van der Waals surface area contributed by atoms with Crippen LogP contribution in [-0.4, -0.2) is 14.2 Å². The van der Waals surface area contributed by atoms with Crippen LogP contribution >= 0.6 is 0 Å². The molecule has 1 aromatic rings. The molecule has 0 saturated carbocycles. The Morgan fingerprint density at radius 1 is 0.875 bits per heavy atom. The monoisotopic (exact) mass is 222 g/mol. The molecule has 0 radical (unpaired) electrons. The minimum absolute atomic E-state index is 0.159. The predicted octanol–water partition coefficient (Wildman–Crippen LogP) is 3.28. The lowest BCUT2D eigenvalue weighted by atomic mass is 9.85. The predicted molar refractivity (Wildman–Crippen MR) is 66.6 cm³/mol. The van der Waals surface area contributed by atoms with Gasteiger partial charge in [0.15, 0.2) is 0 Å². The number of rotatable bonds is 4. The summed E-state index contributed by atoms with van der Waals surface area (Å²) in [7, 11) is 3.44. The van der Waals surface area contributed by atoms with E-state index in [0.717, 1.165) is 0 Å². The van der Waals surface area contributed by atoms with Gasteiger partial charge in [-0.15, -0.1) is 0 Å². The van der Waals surface area contributed by atoms with Crippen molar-refractivity contribution in [1.29, 1.82) is 0 Å². The zero-order valence-corrected chi connectivity index (χ0v) is 11.0. The fourth-order valence-corrected chi connectivity index (χ4v) is 1.70. The Bertz CT molecular complexity index is 313. The maximum absolute atomic E-state index is 5.19. The summed E-state index contributed by atoms with van der Waals surface area (Å²) in [4.78, 5) is 0. The molecule has 0 bridgehead atoms. The highest BCUT2D eigenvalue weighted by atomic mass is 16.5. The molecule has 1 aromatic carbocycles. The molecule has 1 rings (SSSR count). The van der Waals surface area contributed by atoms with E-state index in [1.165, 1.54) is 16.7 Å². The molecule has 0 aliphatic heterocycles. The summed E-state index contributed by atoms with van der Waals surface area (Å²) in [5, 5.41) is 0. The lowest BCUT2D eigenvalue weighted by molar-refractivity contribution is 0.179. The molecule has 90 valence electrons. The Hall–Kier alpha value is -0.860. The first kappa shape index (κ1) is 13.2.